The van der Waals surface area contributed by atoms with Crippen LogP contribution >= 0.6 is 11.6 Å². The summed E-state index contributed by atoms with van der Waals surface area (Å²) in [5.41, 5.74) is 0.254. The second-order valence-electron chi connectivity index (χ2n) is 1.81. The van der Waals surface area contributed by atoms with Gasteiger partial charge in [0.25, 0.3) is 0 Å². The number of carboxylic acids is 1. The molecule has 0 saturated heterocycles. The summed E-state index contributed by atoms with van der Waals surface area (Å²) in [6.45, 7) is 0. The van der Waals surface area contributed by atoms with Crippen LogP contribution in [0.25, 0.3) is 0 Å². The molecule has 0 bridgehead atoms. The van der Waals surface area contributed by atoms with Crippen LogP contribution in [-0.4, -0.2) is 11.1 Å². The minimum absolute atomic E-state index is 0.254. The first-order valence-electron chi connectivity index (χ1n) is 3.02. The zero-order chi connectivity index (χ0) is 9.56. The highest BCUT2D eigenvalue weighted by atomic mass is 35.5. The van der Waals surface area contributed by atoms with Crippen molar-refractivity contribution in [3.63, 3.8) is 0 Å². The van der Waals surface area contributed by atoms with Gasteiger partial charge in [-0.1, -0.05) is 11.6 Å². The first-order valence-corrected chi connectivity index (χ1v) is 3.40. The van der Waals surface area contributed by atoms with Crippen molar-refractivity contribution in [2.75, 3.05) is 0 Å². The van der Waals surface area contributed by atoms with E-state index in [2.05, 4.69) is 11.7 Å². The molecule has 1 aromatic rings. The maximum atomic E-state index is 10.3. The smallest absolute Gasteiger partial charge is 0.335 e. The van der Waals surface area contributed by atoms with E-state index < -0.39 is 5.97 Å². The Morgan fingerprint density at radius 1 is 1.25 bits per heavy atom. The Morgan fingerprint density at radius 3 is 2.00 bits per heavy atom. The number of aromatic carboxylic acids is 1. The summed E-state index contributed by atoms with van der Waals surface area (Å²) in [5, 5.41) is 8.98. The average Bonchev–Trinajstić information content (AvgIpc) is 2.09. The predicted molar refractivity (Wildman–Crippen MR) is 46.8 cm³/mol. The molecule has 5 N–H and O–H groups in total. The third kappa shape index (κ3) is 3.34. The lowest BCUT2D eigenvalue weighted by Crippen LogP contribution is -2.02. The molecular weight excluding hydrogens is 180 g/mol. The van der Waals surface area contributed by atoms with E-state index in [4.69, 9.17) is 16.7 Å². The molecule has 0 atom stereocenters. The number of hydrazine groups is 1. The van der Waals surface area contributed by atoms with E-state index in [0.717, 1.165) is 0 Å². The molecule has 0 unspecified atom stereocenters. The first-order chi connectivity index (χ1) is 5.70. The minimum Gasteiger partial charge on any atom is -0.478 e. The number of halogens is 1. The van der Waals surface area contributed by atoms with E-state index in [1.54, 1.807) is 12.1 Å². The van der Waals surface area contributed by atoms with Crippen molar-refractivity contribution in [2.45, 2.75) is 0 Å². The molecule has 0 aromatic heterocycles. The lowest BCUT2D eigenvalue weighted by Gasteiger charge is -1.91. The molecule has 0 saturated carbocycles. The van der Waals surface area contributed by atoms with Crippen LogP contribution in [0.1, 0.15) is 10.4 Å². The lowest BCUT2D eigenvalue weighted by atomic mass is 10.2. The second kappa shape index (κ2) is 5.54. The zero-order valence-electron chi connectivity index (χ0n) is 6.20. The molecule has 66 valence electrons. The van der Waals surface area contributed by atoms with Gasteiger partial charge in [0, 0.05) is 5.02 Å². The molecule has 0 aliphatic carbocycles. The Labute approximate surface area is 74.7 Å². The normalized spacial score (nSPS) is 8.25. The van der Waals surface area contributed by atoms with Crippen LogP contribution in [-0.2, 0) is 0 Å². The average molecular weight is 189 g/mol. The fraction of sp³-hybridized carbons (Fsp3) is 0. The first kappa shape index (κ1) is 10.9. The van der Waals surface area contributed by atoms with Gasteiger partial charge in [0.05, 0.1) is 5.56 Å². The van der Waals surface area contributed by atoms with Crippen LogP contribution in [0.4, 0.5) is 0 Å². The van der Waals surface area contributed by atoms with Gasteiger partial charge >= 0.3 is 5.97 Å². The van der Waals surface area contributed by atoms with Gasteiger partial charge in [-0.2, -0.15) is 0 Å². The summed E-state index contributed by atoms with van der Waals surface area (Å²) in [5.74, 6) is 7.07. The number of nitrogens with two attached hydrogens (primary N) is 2. The van der Waals surface area contributed by atoms with E-state index in [0.29, 0.717) is 5.02 Å². The molecule has 0 aliphatic heterocycles. The van der Waals surface area contributed by atoms with Crippen molar-refractivity contribution in [2.24, 2.45) is 11.7 Å². The van der Waals surface area contributed by atoms with Crippen LogP contribution in [0.2, 0.25) is 5.02 Å². The van der Waals surface area contributed by atoms with E-state index >= 15 is 0 Å². The van der Waals surface area contributed by atoms with Gasteiger partial charge in [-0.15, -0.1) is 0 Å². The second-order valence-corrected chi connectivity index (χ2v) is 2.25. The number of benzene rings is 1. The van der Waals surface area contributed by atoms with Gasteiger partial charge in [0.1, 0.15) is 0 Å². The number of hydrogen-bond donors (Lipinski definition) is 3. The number of rotatable bonds is 1. The van der Waals surface area contributed by atoms with Crippen molar-refractivity contribution < 1.29 is 9.90 Å². The van der Waals surface area contributed by atoms with Crippen molar-refractivity contribution in [3.8, 4) is 0 Å². The van der Waals surface area contributed by atoms with Crippen molar-refractivity contribution in [1.82, 2.24) is 0 Å². The highest BCUT2D eigenvalue weighted by Crippen LogP contribution is 2.08. The SMILES string of the molecule is NN.O=C(O)c1ccc(Cl)cc1. The fourth-order valence-electron chi connectivity index (χ4n) is 0.592. The van der Waals surface area contributed by atoms with Crippen LogP contribution in [0.3, 0.4) is 0 Å². The molecule has 0 fully saturated rings. The summed E-state index contributed by atoms with van der Waals surface area (Å²) in [7, 11) is 0. The van der Waals surface area contributed by atoms with Crippen molar-refractivity contribution in [1.29, 1.82) is 0 Å². The van der Waals surface area contributed by atoms with E-state index in [9.17, 15) is 4.79 Å². The number of carbonyl (C=O) groups is 1. The van der Waals surface area contributed by atoms with Gasteiger partial charge in [0.2, 0.25) is 0 Å². The molecule has 0 aliphatic rings. The molecule has 1 aromatic carbocycles. The van der Waals surface area contributed by atoms with Crippen molar-refractivity contribution >= 4 is 17.6 Å². The standard InChI is InChI=1S/C7H5ClO2.H4N2/c8-6-3-1-5(2-4-6)7(9)10;1-2/h1-4H,(H,9,10);1-2H2. The van der Waals surface area contributed by atoms with Crippen LogP contribution in [0.15, 0.2) is 24.3 Å². The third-order valence-electron chi connectivity index (χ3n) is 1.09. The maximum Gasteiger partial charge on any atom is 0.335 e. The quantitative estimate of drug-likeness (QED) is 0.450. The van der Waals surface area contributed by atoms with Gasteiger partial charge in [-0.25, -0.2) is 4.79 Å². The Balaban J connectivity index is 0.000000561. The predicted octanol–water partition coefficient (Wildman–Crippen LogP) is 0.857. The zero-order valence-corrected chi connectivity index (χ0v) is 6.95. The fourth-order valence-corrected chi connectivity index (χ4v) is 0.718. The Hall–Kier alpha value is -1.10. The van der Waals surface area contributed by atoms with Crippen LogP contribution < -0.4 is 11.7 Å². The lowest BCUT2D eigenvalue weighted by molar-refractivity contribution is 0.0697. The maximum absolute atomic E-state index is 10.3. The van der Waals surface area contributed by atoms with Gasteiger partial charge in [-0.3, -0.25) is 11.7 Å². The van der Waals surface area contributed by atoms with Gasteiger partial charge < -0.3 is 5.11 Å². The number of carboxylic acid groups (broad SMARTS) is 1. The van der Waals surface area contributed by atoms with E-state index in [1.165, 1.54) is 12.1 Å². The molecule has 5 heteroatoms. The highest BCUT2D eigenvalue weighted by Gasteiger charge is 1.99. The Bertz CT molecular complexity index is 248. The van der Waals surface area contributed by atoms with Crippen LogP contribution in [0.5, 0.6) is 0 Å². The molecule has 4 nitrogen and oxygen atoms in total. The summed E-state index contributed by atoms with van der Waals surface area (Å²) in [4.78, 5) is 10.3. The molecular formula is C7H9ClN2O2. The monoisotopic (exact) mass is 188 g/mol. The topological polar surface area (TPSA) is 89.3 Å². The summed E-state index contributed by atoms with van der Waals surface area (Å²) < 4.78 is 0. The third-order valence-corrected chi connectivity index (χ3v) is 1.34. The Kier molecular flexibility index (Phi) is 5.03. The summed E-state index contributed by atoms with van der Waals surface area (Å²) >= 11 is 5.52. The summed E-state index contributed by atoms with van der Waals surface area (Å²) in [6.07, 6.45) is 0. The molecule has 0 radical (unpaired) electrons. The van der Waals surface area contributed by atoms with Gasteiger partial charge in [0.15, 0.2) is 0 Å². The molecule has 0 heterocycles. The Morgan fingerprint density at radius 2 is 1.67 bits per heavy atom. The van der Waals surface area contributed by atoms with Crippen LogP contribution in [0, 0.1) is 0 Å². The summed E-state index contributed by atoms with van der Waals surface area (Å²) in [6, 6.07) is 6.02. The van der Waals surface area contributed by atoms with Crippen molar-refractivity contribution in [3.05, 3.63) is 34.9 Å². The van der Waals surface area contributed by atoms with E-state index in [1.807, 2.05) is 0 Å². The molecule has 0 amide bonds. The molecule has 0 spiro atoms. The highest BCUT2D eigenvalue weighted by molar-refractivity contribution is 6.30. The molecule has 12 heavy (non-hydrogen) atoms. The van der Waals surface area contributed by atoms with Gasteiger partial charge in [-0.05, 0) is 24.3 Å². The minimum atomic E-state index is -0.934. The molecule has 1 rings (SSSR count). The number of hydrogen-bond acceptors (Lipinski definition) is 3. The largest absolute Gasteiger partial charge is 0.478 e. The van der Waals surface area contributed by atoms with E-state index in [-0.39, 0.29) is 5.56 Å².